The summed E-state index contributed by atoms with van der Waals surface area (Å²) in [4.78, 5) is 12.8. The summed E-state index contributed by atoms with van der Waals surface area (Å²) >= 11 is 1.45. The molecular weight excluding hydrogens is 356 g/mol. The maximum Gasteiger partial charge on any atom is 0.237 e. The first-order valence-electron chi connectivity index (χ1n) is 8.93. The molecule has 1 unspecified atom stereocenters. The second-order valence-electron chi connectivity index (χ2n) is 6.44. The molecule has 0 bridgehead atoms. The fourth-order valence-electron chi connectivity index (χ4n) is 3.00. The van der Waals surface area contributed by atoms with Crippen molar-refractivity contribution in [1.29, 1.82) is 0 Å². The molecule has 6 heteroatoms. The summed E-state index contributed by atoms with van der Waals surface area (Å²) in [5.41, 5.74) is 3.79. The summed E-state index contributed by atoms with van der Waals surface area (Å²) < 4.78 is 2.02. The van der Waals surface area contributed by atoms with Crippen molar-refractivity contribution in [2.75, 3.05) is 5.32 Å². The first kappa shape index (κ1) is 17.5. The predicted molar refractivity (Wildman–Crippen MR) is 110 cm³/mol. The molecule has 1 amide bonds. The van der Waals surface area contributed by atoms with E-state index in [1.807, 2.05) is 72.8 Å². The number of carbonyl (C=O) groups is 1. The molecular formula is C21H20N4OS. The number of hydrogen-bond acceptors (Lipinski definition) is 4. The minimum atomic E-state index is -0.252. The van der Waals surface area contributed by atoms with Gasteiger partial charge < -0.3 is 5.32 Å². The molecule has 1 N–H and O–H groups in total. The average molecular weight is 376 g/mol. The molecule has 0 radical (unpaired) electrons. The third-order valence-corrected chi connectivity index (χ3v) is 5.78. The Labute approximate surface area is 161 Å². The van der Waals surface area contributed by atoms with Gasteiger partial charge in [-0.1, -0.05) is 54.6 Å². The van der Waals surface area contributed by atoms with Crippen LogP contribution in [0.1, 0.15) is 18.9 Å². The van der Waals surface area contributed by atoms with Crippen LogP contribution in [0.4, 0.5) is 5.69 Å². The lowest BCUT2D eigenvalue weighted by molar-refractivity contribution is -0.115. The van der Waals surface area contributed by atoms with Crippen LogP contribution < -0.4 is 5.32 Å². The standard InChI is InChI=1S/C21H20N4OS/c1-3-18(20(26)22-16-11-8-14(2)9-12-16)27-21-24-23-19-13-10-15-6-4-5-7-17(15)25(19)21/h4-13,18H,3H2,1-2H3,(H,22,26). The summed E-state index contributed by atoms with van der Waals surface area (Å²) in [6.45, 7) is 4.03. The van der Waals surface area contributed by atoms with E-state index in [1.165, 1.54) is 11.8 Å². The van der Waals surface area contributed by atoms with Crippen LogP contribution in [0.3, 0.4) is 0 Å². The zero-order valence-electron chi connectivity index (χ0n) is 15.2. The number of fused-ring (bicyclic) bond motifs is 3. The Morgan fingerprint density at radius 2 is 1.85 bits per heavy atom. The van der Waals surface area contributed by atoms with E-state index in [0.717, 1.165) is 33.0 Å². The number of thioether (sulfide) groups is 1. The molecule has 4 aromatic rings. The number of nitrogens with zero attached hydrogens (tertiary/aromatic N) is 3. The van der Waals surface area contributed by atoms with Gasteiger partial charge in [0.15, 0.2) is 10.8 Å². The molecule has 2 aromatic carbocycles. The molecule has 0 saturated carbocycles. The van der Waals surface area contributed by atoms with Crippen molar-refractivity contribution in [3.8, 4) is 0 Å². The second kappa shape index (κ2) is 7.40. The van der Waals surface area contributed by atoms with Crippen LogP contribution in [-0.2, 0) is 4.79 Å². The van der Waals surface area contributed by atoms with E-state index >= 15 is 0 Å². The molecule has 0 aliphatic heterocycles. The van der Waals surface area contributed by atoms with Gasteiger partial charge in [0, 0.05) is 5.69 Å². The summed E-state index contributed by atoms with van der Waals surface area (Å²) in [5.74, 6) is -0.0247. The van der Waals surface area contributed by atoms with Crippen molar-refractivity contribution in [2.45, 2.75) is 30.7 Å². The van der Waals surface area contributed by atoms with Gasteiger partial charge in [-0.25, -0.2) is 0 Å². The Hall–Kier alpha value is -2.86. The molecule has 2 heterocycles. The SMILES string of the molecule is CCC(Sc1nnc2ccc3ccccc3n12)C(=O)Nc1ccc(C)cc1. The zero-order chi connectivity index (χ0) is 18.8. The lowest BCUT2D eigenvalue weighted by atomic mass is 10.2. The molecule has 4 rings (SSSR count). The van der Waals surface area contributed by atoms with Gasteiger partial charge in [0.05, 0.1) is 10.8 Å². The van der Waals surface area contributed by atoms with E-state index in [9.17, 15) is 4.79 Å². The lowest BCUT2D eigenvalue weighted by Gasteiger charge is -2.14. The number of rotatable bonds is 5. The average Bonchev–Trinajstić information content (AvgIpc) is 3.11. The number of nitrogens with one attached hydrogen (secondary N) is 1. The number of pyridine rings is 1. The Morgan fingerprint density at radius 1 is 1.07 bits per heavy atom. The summed E-state index contributed by atoms with van der Waals surface area (Å²) in [5, 5.41) is 13.2. The van der Waals surface area contributed by atoms with Crippen LogP contribution in [0.25, 0.3) is 16.6 Å². The highest BCUT2D eigenvalue weighted by atomic mass is 32.2. The minimum Gasteiger partial charge on any atom is -0.325 e. The number of para-hydroxylation sites is 1. The Balaban J connectivity index is 1.62. The summed E-state index contributed by atoms with van der Waals surface area (Å²) in [6.07, 6.45) is 0.696. The monoisotopic (exact) mass is 376 g/mol. The first-order valence-corrected chi connectivity index (χ1v) is 9.81. The van der Waals surface area contributed by atoms with E-state index in [1.54, 1.807) is 0 Å². The minimum absolute atomic E-state index is 0.0247. The van der Waals surface area contributed by atoms with Crippen molar-refractivity contribution in [2.24, 2.45) is 0 Å². The van der Waals surface area contributed by atoms with Gasteiger partial charge in [-0.15, -0.1) is 10.2 Å². The third kappa shape index (κ3) is 3.53. The number of hydrogen-bond donors (Lipinski definition) is 1. The van der Waals surface area contributed by atoms with Crippen molar-refractivity contribution in [1.82, 2.24) is 14.6 Å². The molecule has 0 fully saturated rings. The highest BCUT2D eigenvalue weighted by Crippen LogP contribution is 2.28. The first-order chi connectivity index (χ1) is 13.2. The molecule has 0 aliphatic carbocycles. The fraction of sp³-hybridized carbons (Fsp3) is 0.190. The summed E-state index contributed by atoms with van der Waals surface area (Å²) in [7, 11) is 0. The Kier molecular flexibility index (Phi) is 4.81. The van der Waals surface area contributed by atoms with Crippen molar-refractivity contribution >= 4 is 39.9 Å². The van der Waals surface area contributed by atoms with Gasteiger partial charge in [-0.2, -0.15) is 0 Å². The topological polar surface area (TPSA) is 59.3 Å². The van der Waals surface area contributed by atoms with Crippen molar-refractivity contribution < 1.29 is 4.79 Å². The molecule has 2 aromatic heterocycles. The van der Waals surface area contributed by atoms with Crippen LogP contribution in [0, 0.1) is 6.92 Å². The molecule has 0 aliphatic rings. The molecule has 136 valence electrons. The fourth-order valence-corrected chi connectivity index (χ4v) is 3.97. The lowest BCUT2D eigenvalue weighted by Crippen LogP contribution is -2.24. The Morgan fingerprint density at radius 3 is 2.63 bits per heavy atom. The van der Waals surface area contributed by atoms with E-state index in [4.69, 9.17) is 0 Å². The quantitative estimate of drug-likeness (QED) is 0.513. The third-order valence-electron chi connectivity index (χ3n) is 4.48. The van der Waals surface area contributed by atoms with Gasteiger partial charge in [-0.3, -0.25) is 9.20 Å². The molecule has 0 spiro atoms. The predicted octanol–water partition coefficient (Wildman–Crippen LogP) is 4.70. The highest BCUT2D eigenvalue weighted by Gasteiger charge is 2.21. The molecule has 0 saturated heterocycles. The van der Waals surface area contributed by atoms with Crippen LogP contribution in [-0.4, -0.2) is 25.8 Å². The van der Waals surface area contributed by atoms with Gasteiger partial charge >= 0.3 is 0 Å². The number of carbonyl (C=O) groups excluding carboxylic acids is 1. The maximum atomic E-state index is 12.8. The van der Waals surface area contributed by atoms with Crippen LogP contribution in [0.15, 0.2) is 65.8 Å². The number of aromatic nitrogens is 3. The number of anilines is 1. The number of aryl methyl sites for hydroxylation is 1. The highest BCUT2D eigenvalue weighted by molar-refractivity contribution is 8.00. The van der Waals surface area contributed by atoms with E-state index in [0.29, 0.717) is 6.42 Å². The second-order valence-corrected chi connectivity index (χ2v) is 7.61. The number of benzene rings is 2. The van der Waals surface area contributed by atoms with E-state index in [2.05, 4.69) is 21.6 Å². The van der Waals surface area contributed by atoms with Gasteiger partial charge in [0.2, 0.25) is 5.91 Å². The molecule has 27 heavy (non-hydrogen) atoms. The van der Waals surface area contributed by atoms with Crippen LogP contribution in [0.5, 0.6) is 0 Å². The maximum absolute atomic E-state index is 12.8. The van der Waals surface area contributed by atoms with E-state index in [-0.39, 0.29) is 11.2 Å². The van der Waals surface area contributed by atoms with Crippen molar-refractivity contribution in [3.05, 3.63) is 66.2 Å². The molecule has 1 atom stereocenters. The van der Waals surface area contributed by atoms with Crippen LogP contribution >= 0.6 is 11.8 Å². The van der Waals surface area contributed by atoms with Gasteiger partial charge in [0.25, 0.3) is 0 Å². The smallest absolute Gasteiger partial charge is 0.237 e. The zero-order valence-corrected chi connectivity index (χ0v) is 16.0. The van der Waals surface area contributed by atoms with Crippen LogP contribution in [0.2, 0.25) is 0 Å². The largest absolute Gasteiger partial charge is 0.325 e. The van der Waals surface area contributed by atoms with Crippen molar-refractivity contribution in [3.63, 3.8) is 0 Å². The molecule has 5 nitrogen and oxygen atoms in total. The normalized spacial score (nSPS) is 12.4. The van der Waals surface area contributed by atoms with Gasteiger partial charge in [-0.05, 0) is 49.1 Å². The van der Waals surface area contributed by atoms with E-state index < -0.39 is 0 Å². The summed E-state index contributed by atoms with van der Waals surface area (Å²) in [6, 6.07) is 19.9. The number of amides is 1. The van der Waals surface area contributed by atoms with Gasteiger partial charge in [0.1, 0.15) is 0 Å². The Bertz CT molecular complexity index is 1100.